The summed E-state index contributed by atoms with van der Waals surface area (Å²) < 4.78 is 39.6. The summed E-state index contributed by atoms with van der Waals surface area (Å²) in [5.41, 5.74) is 1.33. The molecule has 0 aliphatic heterocycles. The number of carbonyl (C=O) groups is 2. The molecule has 1 aromatic rings. The van der Waals surface area contributed by atoms with Gasteiger partial charge in [0.15, 0.2) is 11.5 Å². The van der Waals surface area contributed by atoms with Crippen molar-refractivity contribution in [3.05, 3.63) is 17.2 Å². The minimum Gasteiger partial charge on any atom is -0.395 e. The van der Waals surface area contributed by atoms with Gasteiger partial charge in [-0.25, -0.2) is 17.5 Å². The average molecular weight is 405 g/mol. The van der Waals surface area contributed by atoms with Crippen LogP contribution in [0, 0.1) is 12.7 Å². The van der Waals surface area contributed by atoms with Crippen LogP contribution in [0.1, 0.15) is 48.3 Å². The number of hydrogen-bond donors (Lipinski definition) is 4. The second-order valence-corrected chi connectivity index (χ2v) is 8.30. The molecule has 12 heteroatoms. The number of rotatable bonds is 8. The molecule has 4 N–H and O–H groups in total. The zero-order valence-electron chi connectivity index (χ0n) is 15.0. The van der Waals surface area contributed by atoms with Crippen LogP contribution < -0.4 is 15.6 Å². The Morgan fingerprint density at radius 1 is 1.30 bits per heavy atom. The zero-order chi connectivity index (χ0) is 20.0. The summed E-state index contributed by atoms with van der Waals surface area (Å²) in [6, 6.07) is 0. The lowest BCUT2D eigenvalue weighted by molar-refractivity contribution is -0.122. The third kappa shape index (κ3) is 5.47. The first-order valence-corrected chi connectivity index (χ1v) is 10.2. The summed E-state index contributed by atoms with van der Waals surface area (Å²) in [4.78, 5) is 26.1. The Kier molecular flexibility index (Phi) is 7.27. The van der Waals surface area contributed by atoms with Crippen molar-refractivity contribution in [2.75, 3.05) is 13.2 Å². The number of sulfonamides is 1. The van der Waals surface area contributed by atoms with Crippen molar-refractivity contribution < 1.29 is 27.5 Å². The van der Waals surface area contributed by atoms with Gasteiger partial charge in [-0.2, -0.15) is 5.10 Å². The molecular weight excluding hydrogens is 381 g/mol. The van der Waals surface area contributed by atoms with Crippen LogP contribution in [-0.2, 0) is 21.4 Å². The van der Waals surface area contributed by atoms with E-state index in [1.807, 2.05) is 10.3 Å². The number of aryl methyl sites for hydroxylation is 1. The van der Waals surface area contributed by atoms with E-state index in [2.05, 4.69) is 10.4 Å². The molecule has 1 aliphatic rings. The third-order valence-electron chi connectivity index (χ3n) is 4.29. The van der Waals surface area contributed by atoms with Gasteiger partial charge in [-0.3, -0.25) is 15.0 Å². The summed E-state index contributed by atoms with van der Waals surface area (Å²) >= 11 is 0. The standard InChI is InChI=1S/C15H24FN5O5S/c1-10-13(16)14(21(19-10)9-12(23)17-7-8-22)15(24)18-20-27(25,26)11-5-3-2-4-6-11/h11,20,22H,2-9H2,1H3,(H,17,23)(H,18,24). The number of hydrogen-bond acceptors (Lipinski definition) is 6. The number of hydrazine groups is 1. The highest BCUT2D eigenvalue weighted by molar-refractivity contribution is 7.90. The molecule has 152 valence electrons. The molecule has 0 spiro atoms. The van der Waals surface area contributed by atoms with Crippen LogP contribution in [0.2, 0.25) is 0 Å². The lowest BCUT2D eigenvalue weighted by atomic mass is 10.0. The van der Waals surface area contributed by atoms with Crippen LogP contribution in [0.15, 0.2) is 0 Å². The average Bonchev–Trinajstić information content (AvgIpc) is 2.92. The Morgan fingerprint density at radius 3 is 2.59 bits per heavy atom. The second kappa shape index (κ2) is 9.24. The van der Waals surface area contributed by atoms with Crippen molar-refractivity contribution >= 4 is 21.8 Å². The number of nitrogens with zero attached hydrogens (tertiary/aromatic N) is 2. The number of halogens is 1. The van der Waals surface area contributed by atoms with Crippen molar-refractivity contribution in [2.45, 2.75) is 50.8 Å². The molecule has 0 bridgehead atoms. The molecule has 27 heavy (non-hydrogen) atoms. The predicted octanol–water partition coefficient (Wildman–Crippen LogP) is -0.664. The highest BCUT2D eigenvalue weighted by Crippen LogP contribution is 2.22. The van der Waals surface area contributed by atoms with Crippen molar-refractivity contribution in [2.24, 2.45) is 0 Å². The van der Waals surface area contributed by atoms with E-state index in [0.717, 1.165) is 23.9 Å². The topological polar surface area (TPSA) is 142 Å². The smallest absolute Gasteiger partial charge is 0.287 e. The molecule has 2 rings (SSSR count). The first-order valence-electron chi connectivity index (χ1n) is 8.67. The molecular formula is C15H24FN5O5S. The van der Waals surface area contributed by atoms with E-state index >= 15 is 0 Å². The minimum absolute atomic E-state index is 0.00425. The van der Waals surface area contributed by atoms with Gasteiger partial charge in [0, 0.05) is 6.54 Å². The Hall–Kier alpha value is -2.05. The van der Waals surface area contributed by atoms with Crippen molar-refractivity contribution in [1.82, 2.24) is 25.4 Å². The first kappa shape index (κ1) is 21.3. The fourth-order valence-corrected chi connectivity index (χ4v) is 4.27. The fourth-order valence-electron chi connectivity index (χ4n) is 2.91. The van der Waals surface area contributed by atoms with Crippen LogP contribution in [-0.4, -0.2) is 53.5 Å². The van der Waals surface area contributed by atoms with E-state index in [9.17, 15) is 22.4 Å². The Bertz CT molecular complexity index is 789. The molecule has 1 aliphatic carbocycles. The number of nitrogens with one attached hydrogen (secondary N) is 3. The zero-order valence-corrected chi connectivity index (χ0v) is 15.8. The Labute approximate surface area is 156 Å². The molecule has 1 fully saturated rings. The molecule has 0 saturated heterocycles. The Morgan fingerprint density at radius 2 is 1.96 bits per heavy atom. The predicted molar refractivity (Wildman–Crippen MR) is 93.4 cm³/mol. The summed E-state index contributed by atoms with van der Waals surface area (Å²) in [5, 5.41) is 14.2. The third-order valence-corrected chi connectivity index (χ3v) is 6.03. The molecule has 0 unspecified atom stereocenters. The first-order chi connectivity index (χ1) is 12.8. The summed E-state index contributed by atoms with van der Waals surface area (Å²) in [7, 11) is -3.78. The number of carbonyl (C=O) groups excluding carboxylic acids is 2. The van der Waals surface area contributed by atoms with E-state index in [1.54, 1.807) is 0 Å². The summed E-state index contributed by atoms with van der Waals surface area (Å²) in [5.74, 6) is -2.58. The lowest BCUT2D eigenvalue weighted by Crippen LogP contribution is -2.47. The van der Waals surface area contributed by atoms with Crippen molar-refractivity contribution in [3.8, 4) is 0 Å². The van der Waals surface area contributed by atoms with Gasteiger partial charge in [0.2, 0.25) is 15.9 Å². The maximum atomic E-state index is 14.3. The number of amides is 2. The van der Waals surface area contributed by atoms with Crippen LogP contribution in [0.3, 0.4) is 0 Å². The molecule has 1 heterocycles. The molecule has 1 saturated carbocycles. The van der Waals surface area contributed by atoms with E-state index in [4.69, 9.17) is 5.11 Å². The van der Waals surface area contributed by atoms with Gasteiger partial charge in [0.25, 0.3) is 5.91 Å². The van der Waals surface area contributed by atoms with E-state index in [1.165, 1.54) is 6.92 Å². The van der Waals surface area contributed by atoms with Crippen LogP contribution in [0.4, 0.5) is 4.39 Å². The molecule has 2 amide bonds. The highest BCUT2D eigenvalue weighted by Gasteiger charge is 2.29. The SMILES string of the molecule is Cc1nn(CC(=O)NCCO)c(C(=O)NNS(=O)(=O)C2CCCCC2)c1F. The monoisotopic (exact) mass is 405 g/mol. The molecule has 1 aromatic heterocycles. The summed E-state index contributed by atoms with van der Waals surface area (Å²) in [6.45, 7) is 0.599. The van der Waals surface area contributed by atoms with Crippen LogP contribution in [0.5, 0.6) is 0 Å². The van der Waals surface area contributed by atoms with Gasteiger partial charge in [0.1, 0.15) is 6.54 Å². The maximum Gasteiger partial charge on any atom is 0.287 e. The van der Waals surface area contributed by atoms with E-state index in [-0.39, 0.29) is 18.8 Å². The van der Waals surface area contributed by atoms with Gasteiger partial charge in [-0.05, 0) is 19.8 Å². The van der Waals surface area contributed by atoms with Crippen molar-refractivity contribution in [3.63, 3.8) is 0 Å². The highest BCUT2D eigenvalue weighted by atomic mass is 32.2. The normalized spacial score (nSPS) is 15.5. The van der Waals surface area contributed by atoms with E-state index < -0.39 is 45.1 Å². The second-order valence-electron chi connectivity index (χ2n) is 6.34. The minimum atomic E-state index is -3.78. The number of aliphatic hydroxyl groups excluding tert-OH is 1. The lowest BCUT2D eigenvalue weighted by Gasteiger charge is -2.22. The number of aromatic nitrogens is 2. The van der Waals surface area contributed by atoms with Crippen molar-refractivity contribution in [1.29, 1.82) is 0 Å². The quantitative estimate of drug-likeness (QED) is 0.423. The van der Waals surface area contributed by atoms with E-state index in [0.29, 0.717) is 12.8 Å². The molecule has 0 aromatic carbocycles. The van der Waals surface area contributed by atoms with Crippen LogP contribution >= 0.6 is 0 Å². The maximum absolute atomic E-state index is 14.3. The van der Waals surface area contributed by atoms with Crippen LogP contribution in [0.25, 0.3) is 0 Å². The summed E-state index contributed by atoms with van der Waals surface area (Å²) in [6.07, 6.45) is 3.57. The van der Waals surface area contributed by atoms with Gasteiger partial charge >= 0.3 is 0 Å². The van der Waals surface area contributed by atoms with Gasteiger partial charge < -0.3 is 10.4 Å². The largest absolute Gasteiger partial charge is 0.395 e. The molecule has 0 radical (unpaired) electrons. The Balaban J connectivity index is 2.07. The van der Waals surface area contributed by atoms with Gasteiger partial charge in [0.05, 0.1) is 17.6 Å². The van der Waals surface area contributed by atoms with Gasteiger partial charge in [-0.1, -0.05) is 19.3 Å². The molecule has 0 atom stereocenters. The molecule has 10 nitrogen and oxygen atoms in total. The fraction of sp³-hybridized carbons (Fsp3) is 0.667. The number of aliphatic hydroxyl groups is 1. The van der Waals surface area contributed by atoms with Gasteiger partial charge in [-0.15, -0.1) is 4.83 Å².